The minimum atomic E-state index is -2.74. The van der Waals surface area contributed by atoms with E-state index >= 15 is 0 Å². The van der Waals surface area contributed by atoms with Crippen molar-refractivity contribution in [2.45, 2.75) is 51.6 Å². The average Bonchev–Trinajstić information content (AvgIpc) is 2.77. The molecule has 3 rings (SSSR count). The highest BCUT2D eigenvalue weighted by molar-refractivity contribution is 7.91. The molecule has 3 aliphatic heterocycles. The molecule has 122 valence electrons. The molecule has 3 aliphatic rings. The van der Waals surface area contributed by atoms with Crippen molar-refractivity contribution in [3.63, 3.8) is 0 Å². The first-order chi connectivity index (χ1) is 9.94. The number of hydrogen-bond donors (Lipinski definition) is 0. The SMILES string of the molecule is CC(C)C1CN2CCCCC2CN1CC1CCS(=O)(=O)C1. The fourth-order valence-corrected chi connectivity index (χ4v) is 6.31. The molecule has 4 nitrogen and oxygen atoms in total. The van der Waals surface area contributed by atoms with Gasteiger partial charge in [-0.05, 0) is 37.6 Å². The van der Waals surface area contributed by atoms with E-state index in [4.69, 9.17) is 0 Å². The van der Waals surface area contributed by atoms with Crippen molar-refractivity contribution in [2.75, 3.05) is 37.7 Å². The lowest BCUT2D eigenvalue weighted by atomic mass is 9.91. The largest absolute Gasteiger partial charge is 0.298 e. The molecule has 0 radical (unpaired) electrons. The number of piperazine rings is 1. The van der Waals surface area contributed by atoms with E-state index in [-0.39, 0.29) is 0 Å². The van der Waals surface area contributed by atoms with Gasteiger partial charge in [0.25, 0.3) is 0 Å². The van der Waals surface area contributed by atoms with Crippen molar-refractivity contribution in [1.29, 1.82) is 0 Å². The lowest BCUT2D eigenvalue weighted by molar-refractivity contribution is -0.0131. The maximum absolute atomic E-state index is 11.7. The summed E-state index contributed by atoms with van der Waals surface area (Å²) in [6.45, 7) is 9.22. The van der Waals surface area contributed by atoms with Gasteiger partial charge in [0, 0.05) is 31.7 Å². The van der Waals surface area contributed by atoms with Crippen LogP contribution in [0.25, 0.3) is 0 Å². The summed E-state index contributed by atoms with van der Waals surface area (Å²) in [7, 11) is -2.74. The molecular weight excluding hydrogens is 284 g/mol. The number of rotatable bonds is 3. The maximum Gasteiger partial charge on any atom is 0.150 e. The standard InChI is InChI=1S/C16H30N2O2S/c1-13(2)16-11-17-7-4-3-5-15(17)10-18(16)9-14-6-8-21(19,20)12-14/h13-16H,3-12H2,1-2H3. The highest BCUT2D eigenvalue weighted by Crippen LogP contribution is 2.29. The van der Waals surface area contributed by atoms with Crippen LogP contribution in [-0.4, -0.2) is 68.0 Å². The third-order valence-corrected chi connectivity index (χ3v) is 7.51. The minimum absolute atomic E-state index is 0.367. The molecular formula is C16H30N2O2S. The van der Waals surface area contributed by atoms with Crippen LogP contribution in [0.15, 0.2) is 0 Å². The molecule has 3 saturated heterocycles. The van der Waals surface area contributed by atoms with Crippen molar-refractivity contribution >= 4 is 9.84 Å². The van der Waals surface area contributed by atoms with Crippen LogP contribution in [0.4, 0.5) is 0 Å². The molecule has 0 spiro atoms. The molecule has 3 heterocycles. The first-order valence-electron chi connectivity index (χ1n) is 8.63. The molecule has 0 saturated carbocycles. The van der Waals surface area contributed by atoms with Crippen molar-refractivity contribution < 1.29 is 8.42 Å². The van der Waals surface area contributed by atoms with Gasteiger partial charge in [-0.25, -0.2) is 8.42 Å². The quantitative estimate of drug-likeness (QED) is 0.794. The van der Waals surface area contributed by atoms with Gasteiger partial charge in [0.05, 0.1) is 11.5 Å². The van der Waals surface area contributed by atoms with Gasteiger partial charge in [0.15, 0.2) is 9.84 Å². The fraction of sp³-hybridized carbons (Fsp3) is 1.00. The van der Waals surface area contributed by atoms with Crippen LogP contribution in [0.3, 0.4) is 0 Å². The van der Waals surface area contributed by atoms with E-state index in [0.717, 1.165) is 19.5 Å². The Bertz CT molecular complexity index is 463. The average molecular weight is 314 g/mol. The van der Waals surface area contributed by atoms with Gasteiger partial charge in [0.1, 0.15) is 0 Å². The van der Waals surface area contributed by atoms with Crippen molar-refractivity contribution in [3.05, 3.63) is 0 Å². The first kappa shape index (κ1) is 15.8. The molecule has 3 atom stereocenters. The summed E-state index contributed by atoms with van der Waals surface area (Å²) in [4.78, 5) is 5.32. The maximum atomic E-state index is 11.7. The van der Waals surface area contributed by atoms with Gasteiger partial charge < -0.3 is 0 Å². The second kappa shape index (κ2) is 6.17. The van der Waals surface area contributed by atoms with Crippen LogP contribution in [0.1, 0.15) is 39.5 Å². The highest BCUT2D eigenvalue weighted by atomic mass is 32.2. The van der Waals surface area contributed by atoms with E-state index in [2.05, 4.69) is 23.6 Å². The lowest BCUT2D eigenvalue weighted by Crippen LogP contribution is -2.61. The van der Waals surface area contributed by atoms with Crippen LogP contribution in [0.5, 0.6) is 0 Å². The number of piperidine rings is 1. The van der Waals surface area contributed by atoms with E-state index in [0.29, 0.717) is 35.4 Å². The molecule has 0 amide bonds. The zero-order valence-corrected chi connectivity index (χ0v) is 14.3. The predicted molar refractivity (Wildman–Crippen MR) is 86.2 cm³/mol. The molecule has 0 aromatic rings. The number of sulfone groups is 1. The van der Waals surface area contributed by atoms with Crippen molar-refractivity contribution in [3.8, 4) is 0 Å². The third-order valence-electron chi connectivity index (χ3n) is 5.67. The van der Waals surface area contributed by atoms with Gasteiger partial charge >= 0.3 is 0 Å². The highest BCUT2D eigenvalue weighted by Gasteiger charge is 2.38. The van der Waals surface area contributed by atoms with Crippen molar-refractivity contribution in [2.24, 2.45) is 11.8 Å². The van der Waals surface area contributed by atoms with Crippen LogP contribution in [-0.2, 0) is 9.84 Å². The fourth-order valence-electron chi connectivity index (χ4n) is 4.46. The van der Waals surface area contributed by atoms with Crippen LogP contribution in [0.2, 0.25) is 0 Å². The molecule has 3 unspecified atom stereocenters. The first-order valence-corrected chi connectivity index (χ1v) is 10.5. The molecule has 21 heavy (non-hydrogen) atoms. The lowest BCUT2D eigenvalue weighted by Gasteiger charge is -2.50. The summed E-state index contributed by atoms with van der Waals surface area (Å²) in [5.74, 6) is 1.84. The number of hydrogen-bond acceptors (Lipinski definition) is 4. The van der Waals surface area contributed by atoms with Gasteiger partial charge in [-0.2, -0.15) is 0 Å². The molecule has 0 N–H and O–H groups in total. The van der Waals surface area contributed by atoms with Crippen LogP contribution in [0, 0.1) is 11.8 Å². The zero-order chi connectivity index (χ0) is 15.0. The Morgan fingerprint density at radius 3 is 2.62 bits per heavy atom. The van der Waals surface area contributed by atoms with Gasteiger partial charge in [-0.3, -0.25) is 9.80 Å². The minimum Gasteiger partial charge on any atom is -0.298 e. The van der Waals surface area contributed by atoms with Gasteiger partial charge in [-0.1, -0.05) is 20.3 Å². The Morgan fingerprint density at radius 1 is 1.14 bits per heavy atom. The predicted octanol–water partition coefficient (Wildman–Crippen LogP) is 1.62. The van der Waals surface area contributed by atoms with Gasteiger partial charge in [0.2, 0.25) is 0 Å². The smallest absolute Gasteiger partial charge is 0.150 e. The van der Waals surface area contributed by atoms with Crippen molar-refractivity contribution in [1.82, 2.24) is 9.80 Å². The Morgan fingerprint density at radius 2 is 1.95 bits per heavy atom. The van der Waals surface area contributed by atoms with Crippen LogP contribution < -0.4 is 0 Å². The summed E-state index contributed by atoms with van der Waals surface area (Å²) < 4.78 is 23.4. The monoisotopic (exact) mass is 314 g/mol. The van der Waals surface area contributed by atoms with E-state index in [1.165, 1.54) is 32.4 Å². The molecule has 0 aromatic heterocycles. The summed E-state index contributed by atoms with van der Waals surface area (Å²) in [5, 5.41) is 0. The van der Waals surface area contributed by atoms with E-state index < -0.39 is 9.84 Å². The zero-order valence-electron chi connectivity index (χ0n) is 13.5. The van der Waals surface area contributed by atoms with Gasteiger partial charge in [-0.15, -0.1) is 0 Å². The molecule has 0 aliphatic carbocycles. The second-order valence-electron chi connectivity index (χ2n) is 7.68. The topological polar surface area (TPSA) is 40.6 Å². The summed E-state index contributed by atoms with van der Waals surface area (Å²) in [6.07, 6.45) is 4.91. The van der Waals surface area contributed by atoms with E-state index in [1.807, 2.05) is 0 Å². The molecule has 0 bridgehead atoms. The third kappa shape index (κ3) is 3.62. The van der Waals surface area contributed by atoms with Crippen LogP contribution >= 0.6 is 0 Å². The molecule has 0 aromatic carbocycles. The summed E-state index contributed by atoms with van der Waals surface area (Å²) >= 11 is 0. The summed E-state index contributed by atoms with van der Waals surface area (Å²) in [6, 6.07) is 1.31. The Hall–Kier alpha value is -0.130. The molecule has 3 fully saturated rings. The summed E-state index contributed by atoms with van der Waals surface area (Å²) in [5.41, 5.74) is 0. The second-order valence-corrected chi connectivity index (χ2v) is 9.91. The number of fused-ring (bicyclic) bond motifs is 1. The Balaban J connectivity index is 1.66. The molecule has 5 heteroatoms. The Labute approximate surface area is 129 Å². The Kier molecular flexibility index (Phi) is 4.63. The number of nitrogens with zero attached hydrogens (tertiary/aromatic N) is 2. The van der Waals surface area contributed by atoms with E-state index in [9.17, 15) is 8.42 Å². The van der Waals surface area contributed by atoms with E-state index in [1.54, 1.807) is 0 Å². The normalized spacial score (nSPS) is 37.8.